The third kappa shape index (κ3) is 6.17. The number of thioether (sulfide) groups is 1. The summed E-state index contributed by atoms with van der Waals surface area (Å²) in [5.41, 5.74) is 0.177. The second kappa shape index (κ2) is 5.80. The molecule has 1 N–H and O–H groups in total. The second-order valence-corrected chi connectivity index (χ2v) is 4.72. The molecule has 0 aliphatic carbocycles. The molecule has 0 aromatic carbocycles. The standard InChI is InChI=1S/C10H18N2O2S/c1-7(11-5)8(15-6)12-9(13)14-10(2,3)4/h5H2,1-4,6H3,(H,12,13)/b8-7-. The third-order valence-corrected chi connectivity index (χ3v) is 2.19. The highest BCUT2D eigenvalue weighted by molar-refractivity contribution is 8.02. The van der Waals surface area contributed by atoms with E-state index >= 15 is 0 Å². The largest absolute Gasteiger partial charge is 0.444 e. The molecule has 0 aliphatic heterocycles. The Kier molecular flexibility index (Phi) is 5.43. The van der Waals surface area contributed by atoms with Gasteiger partial charge in [0.15, 0.2) is 0 Å². The number of carbonyl (C=O) groups excluding carboxylic acids is 1. The van der Waals surface area contributed by atoms with Gasteiger partial charge in [0.1, 0.15) is 5.60 Å². The SMILES string of the molecule is C=N/C(C)=C(/NC(=O)OC(C)(C)C)SC. The monoisotopic (exact) mass is 230 g/mol. The van der Waals surface area contributed by atoms with E-state index in [1.54, 1.807) is 6.92 Å². The minimum atomic E-state index is -0.497. The number of allylic oxidation sites excluding steroid dienone is 1. The Morgan fingerprint density at radius 3 is 2.33 bits per heavy atom. The van der Waals surface area contributed by atoms with Gasteiger partial charge in [-0.25, -0.2) is 4.79 Å². The summed E-state index contributed by atoms with van der Waals surface area (Å²) in [6, 6.07) is 0. The van der Waals surface area contributed by atoms with E-state index in [9.17, 15) is 4.79 Å². The highest BCUT2D eigenvalue weighted by Gasteiger charge is 2.17. The van der Waals surface area contributed by atoms with Gasteiger partial charge in [0.05, 0.1) is 10.7 Å². The molecule has 0 fully saturated rings. The van der Waals surface area contributed by atoms with Crippen LogP contribution >= 0.6 is 11.8 Å². The quantitative estimate of drug-likeness (QED) is 0.758. The first-order valence-corrected chi connectivity index (χ1v) is 5.74. The number of aliphatic imine (C=N–C) groups is 1. The fraction of sp³-hybridized carbons (Fsp3) is 0.600. The van der Waals surface area contributed by atoms with Crippen molar-refractivity contribution in [1.82, 2.24) is 5.32 Å². The van der Waals surface area contributed by atoms with E-state index in [0.29, 0.717) is 10.7 Å². The number of alkyl carbamates (subject to hydrolysis) is 1. The van der Waals surface area contributed by atoms with Crippen molar-refractivity contribution in [1.29, 1.82) is 0 Å². The van der Waals surface area contributed by atoms with Crippen LogP contribution in [0.5, 0.6) is 0 Å². The van der Waals surface area contributed by atoms with Gasteiger partial charge in [0, 0.05) is 0 Å². The molecule has 0 unspecified atom stereocenters. The molecule has 0 aromatic heterocycles. The maximum atomic E-state index is 11.4. The Morgan fingerprint density at radius 1 is 1.47 bits per heavy atom. The van der Waals surface area contributed by atoms with Gasteiger partial charge in [0.25, 0.3) is 0 Å². The Bertz CT molecular complexity index is 280. The van der Waals surface area contributed by atoms with Crippen molar-refractivity contribution in [3.8, 4) is 0 Å². The van der Waals surface area contributed by atoms with E-state index in [2.05, 4.69) is 17.0 Å². The third-order valence-electron chi connectivity index (χ3n) is 1.38. The van der Waals surface area contributed by atoms with Gasteiger partial charge in [-0.1, -0.05) is 0 Å². The summed E-state index contributed by atoms with van der Waals surface area (Å²) < 4.78 is 5.11. The molecule has 1 amide bonds. The van der Waals surface area contributed by atoms with Crippen molar-refractivity contribution in [2.45, 2.75) is 33.3 Å². The van der Waals surface area contributed by atoms with E-state index in [-0.39, 0.29) is 0 Å². The lowest BCUT2D eigenvalue weighted by Gasteiger charge is -2.20. The smallest absolute Gasteiger partial charge is 0.412 e. The van der Waals surface area contributed by atoms with Crippen LogP contribution in [0.2, 0.25) is 0 Å². The summed E-state index contributed by atoms with van der Waals surface area (Å²) in [5.74, 6) is 0. The lowest BCUT2D eigenvalue weighted by Crippen LogP contribution is -2.31. The summed E-state index contributed by atoms with van der Waals surface area (Å²) in [7, 11) is 0. The summed E-state index contributed by atoms with van der Waals surface area (Å²) in [6.45, 7) is 10.6. The Labute approximate surface area is 95.2 Å². The number of hydrogen-bond donors (Lipinski definition) is 1. The van der Waals surface area contributed by atoms with Gasteiger partial charge < -0.3 is 4.74 Å². The first kappa shape index (κ1) is 14.0. The van der Waals surface area contributed by atoms with Gasteiger partial charge in [-0.05, 0) is 40.7 Å². The molecule has 0 radical (unpaired) electrons. The van der Waals surface area contributed by atoms with Crippen LogP contribution in [0, 0.1) is 0 Å². The molecule has 0 saturated heterocycles. The molecule has 0 saturated carbocycles. The van der Waals surface area contributed by atoms with E-state index < -0.39 is 11.7 Å². The molecule has 0 bridgehead atoms. The molecule has 0 atom stereocenters. The molecule has 0 aliphatic rings. The topological polar surface area (TPSA) is 50.7 Å². The van der Waals surface area contributed by atoms with Gasteiger partial charge in [-0.2, -0.15) is 0 Å². The number of nitrogens with one attached hydrogen (secondary N) is 1. The van der Waals surface area contributed by atoms with Crippen molar-refractivity contribution in [2.75, 3.05) is 6.26 Å². The first-order chi connectivity index (χ1) is 6.80. The lowest BCUT2D eigenvalue weighted by atomic mass is 10.2. The van der Waals surface area contributed by atoms with Crippen LogP contribution in [0.3, 0.4) is 0 Å². The Balaban J connectivity index is 4.46. The Morgan fingerprint density at radius 2 is 2.00 bits per heavy atom. The second-order valence-electron chi connectivity index (χ2n) is 3.90. The highest BCUT2D eigenvalue weighted by Crippen LogP contribution is 2.15. The number of hydrogen-bond acceptors (Lipinski definition) is 4. The number of amides is 1. The predicted octanol–water partition coefficient (Wildman–Crippen LogP) is 2.76. The molecule has 86 valence electrons. The van der Waals surface area contributed by atoms with E-state index in [1.165, 1.54) is 11.8 Å². The van der Waals surface area contributed by atoms with Crippen LogP contribution in [0.1, 0.15) is 27.7 Å². The number of ether oxygens (including phenoxy) is 1. The molecular formula is C10H18N2O2S. The van der Waals surface area contributed by atoms with Crippen molar-refractivity contribution in [2.24, 2.45) is 4.99 Å². The fourth-order valence-corrected chi connectivity index (χ4v) is 1.30. The van der Waals surface area contributed by atoms with Crippen molar-refractivity contribution in [3.63, 3.8) is 0 Å². The van der Waals surface area contributed by atoms with E-state index in [0.717, 1.165) is 0 Å². The van der Waals surface area contributed by atoms with E-state index in [4.69, 9.17) is 4.74 Å². The zero-order valence-electron chi connectivity index (χ0n) is 9.88. The van der Waals surface area contributed by atoms with Crippen molar-refractivity contribution >= 4 is 24.6 Å². The molecule has 15 heavy (non-hydrogen) atoms. The number of rotatable bonds is 3. The summed E-state index contributed by atoms with van der Waals surface area (Å²) >= 11 is 1.39. The normalized spacial score (nSPS) is 12.9. The van der Waals surface area contributed by atoms with Crippen molar-refractivity contribution < 1.29 is 9.53 Å². The zero-order chi connectivity index (χ0) is 12.1. The lowest BCUT2D eigenvalue weighted by molar-refractivity contribution is 0.0550. The average Bonchev–Trinajstić information content (AvgIpc) is 2.10. The van der Waals surface area contributed by atoms with Crippen LogP contribution in [0.15, 0.2) is 15.7 Å². The molecule has 5 heteroatoms. The zero-order valence-corrected chi connectivity index (χ0v) is 10.7. The summed E-state index contributed by atoms with van der Waals surface area (Å²) in [4.78, 5) is 15.2. The van der Waals surface area contributed by atoms with Crippen LogP contribution in [0.4, 0.5) is 4.79 Å². The van der Waals surface area contributed by atoms with Gasteiger partial charge in [-0.15, -0.1) is 11.8 Å². The molecule has 0 rings (SSSR count). The van der Waals surface area contributed by atoms with Crippen molar-refractivity contribution in [3.05, 3.63) is 10.7 Å². The Hall–Kier alpha value is -0.970. The van der Waals surface area contributed by atoms with Gasteiger partial charge in [0.2, 0.25) is 0 Å². The maximum absolute atomic E-state index is 11.4. The van der Waals surface area contributed by atoms with Crippen LogP contribution in [0.25, 0.3) is 0 Å². The number of nitrogens with zero attached hydrogens (tertiary/aromatic N) is 1. The fourth-order valence-electron chi connectivity index (χ4n) is 0.757. The summed E-state index contributed by atoms with van der Waals surface area (Å²) in [5, 5.41) is 3.27. The predicted molar refractivity (Wildman–Crippen MR) is 65.1 cm³/mol. The first-order valence-electron chi connectivity index (χ1n) is 4.51. The summed E-state index contributed by atoms with van der Waals surface area (Å²) in [6.07, 6.45) is 1.37. The minimum absolute atomic E-state index is 0.477. The van der Waals surface area contributed by atoms with Gasteiger partial charge in [-0.3, -0.25) is 10.3 Å². The van der Waals surface area contributed by atoms with E-state index in [1.807, 2.05) is 27.0 Å². The highest BCUT2D eigenvalue weighted by atomic mass is 32.2. The maximum Gasteiger partial charge on any atom is 0.412 e. The molecule has 4 nitrogen and oxygen atoms in total. The molecule has 0 spiro atoms. The minimum Gasteiger partial charge on any atom is -0.444 e. The average molecular weight is 230 g/mol. The number of carbonyl (C=O) groups is 1. The molecule has 0 aromatic rings. The van der Waals surface area contributed by atoms with Gasteiger partial charge >= 0.3 is 6.09 Å². The van der Waals surface area contributed by atoms with Crippen LogP contribution in [-0.4, -0.2) is 24.7 Å². The van der Waals surface area contributed by atoms with Crippen LogP contribution < -0.4 is 5.32 Å². The molecular weight excluding hydrogens is 212 g/mol. The van der Waals surface area contributed by atoms with Crippen LogP contribution in [-0.2, 0) is 4.74 Å². The molecule has 0 heterocycles.